The molecule has 0 saturated carbocycles. The van der Waals surface area contributed by atoms with Gasteiger partial charge in [0.2, 0.25) is 5.91 Å². The molecule has 2 rings (SSSR count). The lowest BCUT2D eigenvalue weighted by molar-refractivity contribution is -0.129. The van der Waals surface area contributed by atoms with Crippen molar-refractivity contribution < 1.29 is 9.18 Å². The fourth-order valence-corrected chi connectivity index (χ4v) is 2.79. The van der Waals surface area contributed by atoms with E-state index in [0.29, 0.717) is 11.7 Å². The topological polar surface area (TPSA) is 51.0 Å². The van der Waals surface area contributed by atoms with Gasteiger partial charge in [0.15, 0.2) is 5.16 Å². The van der Waals surface area contributed by atoms with Gasteiger partial charge in [0.25, 0.3) is 0 Å². The maximum Gasteiger partial charge on any atom is 0.235 e. The van der Waals surface area contributed by atoms with Gasteiger partial charge in [-0.2, -0.15) is 0 Å². The third-order valence-corrected chi connectivity index (χ3v) is 4.12. The molecule has 0 N–H and O–H groups in total. The van der Waals surface area contributed by atoms with Crippen molar-refractivity contribution >= 4 is 17.7 Å². The quantitative estimate of drug-likeness (QED) is 0.794. The Morgan fingerprint density at radius 2 is 2.29 bits per heavy atom. The van der Waals surface area contributed by atoms with Gasteiger partial charge < -0.3 is 9.47 Å². The van der Waals surface area contributed by atoms with Crippen LogP contribution in [-0.4, -0.2) is 37.9 Å². The van der Waals surface area contributed by atoms with E-state index in [1.54, 1.807) is 35.0 Å². The maximum atomic E-state index is 13.1. The number of carbonyl (C=O) groups excluding carboxylic acids is 1. The molecule has 1 heterocycles. The number of benzene rings is 1. The van der Waals surface area contributed by atoms with Crippen LogP contribution in [0.4, 0.5) is 4.39 Å². The smallest absolute Gasteiger partial charge is 0.235 e. The van der Waals surface area contributed by atoms with Gasteiger partial charge in [0.1, 0.15) is 12.1 Å². The van der Waals surface area contributed by atoms with Gasteiger partial charge in [-0.15, -0.1) is 10.2 Å². The van der Waals surface area contributed by atoms with Crippen LogP contribution in [0.3, 0.4) is 0 Å². The maximum absolute atomic E-state index is 13.1. The van der Waals surface area contributed by atoms with Crippen molar-refractivity contribution in [3.05, 3.63) is 42.0 Å². The second-order valence-electron chi connectivity index (χ2n) is 4.81. The molecule has 0 aliphatic carbocycles. The summed E-state index contributed by atoms with van der Waals surface area (Å²) < 4.78 is 14.9. The lowest BCUT2D eigenvalue weighted by atomic mass is 10.2. The fraction of sp³-hybridized carbons (Fsp3) is 0.357. The summed E-state index contributed by atoms with van der Waals surface area (Å²) in [5.41, 5.74) is 0.765. The highest BCUT2D eigenvalue weighted by atomic mass is 32.2. The Hall–Kier alpha value is -1.89. The van der Waals surface area contributed by atoms with E-state index < -0.39 is 0 Å². The average Bonchev–Trinajstić information content (AvgIpc) is 2.83. The number of hydrogen-bond donors (Lipinski definition) is 0. The molecule has 7 heteroatoms. The van der Waals surface area contributed by atoms with E-state index in [-0.39, 0.29) is 17.0 Å². The molecule has 1 aromatic heterocycles. The monoisotopic (exact) mass is 308 g/mol. The largest absolute Gasteiger partial charge is 0.340 e. The zero-order chi connectivity index (χ0) is 15.4. The minimum absolute atomic E-state index is 0.0349. The van der Waals surface area contributed by atoms with Crippen LogP contribution in [0, 0.1) is 5.82 Å². The summed E-state index contributed by atoms with van der Waals surface area (Å²) in [5.74, 6) is -0.331. The summed E-state index contributed by atoms with van der Waals surface area (Å²) >= 11 is 1.35. The Bertz CT molecular complexity index is 631. The van der Waals surface area contributed by atoms with Crippen LogP contribution in [-0.2, 0) is 18.4 Å². The number of aromatic nitrogens is 3. The minimum atomic E-state index is -0.296. The standard InChI is InChI=1S/C14H17FN4OS/c1-10(21-14-17-16-9-19(14)3)13(20)18(2)8-11-5-4-6-12(15)7-11/h4-7,9-10H,8H2,1-3H3. The zero-order valence-electron chi connectivity index (χ0n) is 12.2. The predicted octanol–water partition coefficient (Wildman–Crippen LogP) is 2.09. The van der Waals surface area contributed by atoms with Crippen molar-refractivity contribution in [3.63, 3.8) is 0 Å². The number of hydrogen-bond acceptors (Lipinski definition) is 4. The molecule has 2 aromatic rings. The van der Waals surface area contributed by atoms with Gasteiger partial charge in [-0.25, -0.2) is 4.39 Å². The molecule has 112 valence electrons. The predicted molar refractivity (Wildman–Crippen MR) is 79.2 cm³/mol. The van der Waals surface area contributed by atoms with Crippen molar-refractivity contribution in [3.8, 4) is 0 Å². The number of aryl methyl sites for hydroxylation is 1. The van der Waals surface area contributed by atoms with E-state index in [9.17, 15) is 9.18 Å². The van der Waals surface area contributed by atoms with Crippen LogP contribution in [0.2, 0.25) is 0 Å². The lowest BCUT2D eigenvalue weighted by Gasteiger charge is -2.21. The first-order valence-electron chi connectivity index (χ1n) is 6.47. The first kappa shape index (κ1) is 15.5. The summed E-state index contributed by atoms with van der Waals surface area (Å²) in [7, 11) is 3.54. The van der Waals surface area contributed by atoms with E-state index in [0.717, 1.165) is 5.56 Å². The summed E-state index contributed by atoms with van der Waals surface area (Å²) in [6.07, 6.45) is 1.59. The van der Waals surface area contributed by atoms with E-state index in [2.05, 4.69) is 10.2 Å². The van der Waals surface area contributed by atoms with Crippen LogP contribution < -0.4 is 0 Å². The normalized spacial score (nSPS) is 12.2. The highest BCUT2D eigenvalue weighted by molar-refractivity contribution is 8.00. The second kappa shape index (κ2) is 6.71. The van der Waals surface area contributed by atoms with E-state index >= 15 is 0 Å². The molecular weight excluding hydrogens is 291 g/mol. The Morgan fingerprint density at radius 3 is 2.90 bits per heavy atom. The molecule has 1 amide bonds. The Labute approximate surface area is 127 Å². The molecule has 5 nitrogen and oxygen atoms in total. The first-order chi connectivity index (χ1) is 9.97. The van der Waals surface area contributed by atoms with Crippen LogP contribution in [0.25, 0.3) is 0 Å². The minimum Gasteiger partial charge on any atom is -0.340 e. The highest BCUT2D eigenvalue weighted by Gasteiger charge is 2.20. The average molecular weight is 308 g/mol. The second-order valence-corrected chi connectivity index (χ2v) is 6.12. The van der Waals surface area contributed by atoms with Gasteiger partial charge in [-0.3, -0.25) is 4.79 Å². The first-order valence-corrected chi connectivity index (χ1v) is 7.35. The number of nitrogens with zero attached hydrogens (tertiary/aromatic N) is 4. The molecule has 0 aliphatic rings. The Kier molecular flexibility index (Phi) is 4.95. The molecule has 1 aromatic carbocycles. The highest BCUT2D eigenvalue weighted by Crippen LogP contribution is 2.21. The molecule has 0 bridgehead atoms. The Balaban J connectivity index is 1.97. The third kappa shape index (κ3) is 4.04. The van der Waals surface area contributed by atoms with Gasteiger partial charge >= 0.3 is 0 Å². The molecule has 1 unspecified atom stereocenters. The molecule has 1 atom stereocenters. The van der Waals surface area contributed by atoms with Gasteiger partial charge in [0, 0.05) is 20.6 Å². The van der Waals surface area contributed by atoms with Crippen LogP contribution in [0.15, 0.2) is 35.7 Å². The summed E-state index contributed by atoms with van der Waals surface area (Å²) in [6.45, 7) is 2.20. The molecular formula is C14H17FN4OS. The van der Waals surface area contributed by atoms with Crippen molar-refractivity contribution in [2.75, 3.05) is 7.05 Å². The number of amides is 1. The molecule has 0 aliphatic heterocycles. The van der Waals surface area contributed by atoms with E-state index in [4.69, 9.17) is 0 Å². The summed E-state index contributed by atoms with van der Waals surface area (Å²) in [4.78, 5) is 13.9. The van der Waals surface area contributed by atoms with Gasteiger partial charge in [0.05, 0.1) is 5.25 Å². The molecule has 0 radical (unpaired) electrons. The van der Waals surface area contributed by atoms with Gasteiger partial charge in [-0.1, -0.05) is 23.9 Å². The van der Waals surface area contributed by atoms with E-state index in [1.165, 1.54) is 23.9 Å². The van der Waals surface area contributed by atoms with Crippen LogP contribution >= 0.6 is 11.8 Å². The SMILES string of the molecule is CC(Sc1nncn1C)C(=O)N(C)Cc1cccc(F)c1. The molecule has 0 fully saturated rings. The van der Waals surface area contributed by atoms with Crippen molar-refractivity contribution in [2.45, 2.75) is 23.9 Å². The number of carbonyl (C=O) groups is 1. The zero-order valence-corrected chi connectivity index (χ0v) is 13.0. The summed E-state index contributed by atoms with van der Waals surface area (Å²) in [6, 6.07) is 6.26. The number of rotatable bonds is 5. The van der Waals surface area contributed by atoms with Crippen molar-refractivity contribution in [2.24, 2.45) is 7.05 Å². The number of thioether (sulfide) groups is 1. The lowest BCUT2D eigenvalue weighted by Crippen LogP contribution is -2.33. The van der Waals surface area contributed by atoms with Crippen molar-refractivity contribution in [1.29, 1.82) is 0 Å². The van der Waals surface area contributed by atoms with Gasteiger partial charge in [-0.05, 0) is 24.6 Å². The number of halogens is 1. The molecule has 21 heavy (non-hydrogen) atoms. The molecule has 0 spiro atoms. The van der Waals surface area contributed by atoms with Crippen molar-refractivity contribution in [1.82, 2.24) is 19.7 Å². The molecule has 0 saturated heterocycles. The van der Waals surface area contributed by atoms with E-state index in [1.807, 2.05) is 14.0 Å². The Morgan fingerprint density at radius 1 is 1.52 bits per heavy atom. The fourth-order valence-electron chi connectivity index (χ4n) is 1.89. The summed E-state index contributed by atoms with van der Waals surface area (Å²) in [5, 5.41) is 8.13. The third-order valence-electron chi connectivity index (χ3n) is 2.98. The van der Waals surface area contributed by atoms with Crippen LogP contribution in [0.1, 0.15) is 12.5 Å². The van der Waals surface area contributed by atoms with Crippen LogP contribution in [0.5, 0.6) is 0 Å².